The molecule has 4 nitrogen and oxygen atoms in total. The highest BCUT2D eigenvalue weighted by atomic mass is 16.4. The average Bonchev–Trinajstić information content (AvgIpc) is 2.58. The van der Waals surface area contributed by atoms with Crippen LogP contribution in [0.1, 0.15) is 25.0 Å². The first-order valence-electron chi connectivity index (χ1n) is 7.85. The van der Waals surface area contributed by atoms with Crippen LogP contribution >= 0.6 is 0 Å². The minimum atomic E-state index is -1.04. The third-order valence-corrected chi connectivity index (χ3v) is 3.66. The molecule has 24 heavy (non-hydrogen) atoms. The maximum atomic E-state index is 12.7. The molecule has 0 saturated heterocycles. The third kappa shape index (κ3) is 4.56. The topological polar surface area (TPSA) is 66.4 Å². The number of carbonyl (C=O) groups excluding carboxylic acids is 1. The Morgan fingerprint density at radius 3 is 2.00 bits per heavy atom. The van der Waals surface area contributed by atoms with Crippen molar-refractivity contribution in [2.75, 3.05) is 0 Å². The van der Waals surface area contributed by atoms with Gasteiger partial charge in [-0.05, 0) is 23.1 Å². The standard InChI is InChI=1S/C20H21NO3/c1-14(2)18(20(23)24)21-19(22)17(16-11-7-4-8-12-16)13-15-9-5-3-6-10-15/h3-14,18H,1-2H3,(H,21,22)(H,23,24)/b17-13+. The molecule has 2 N–H and O–H groups in total. The summed E-state index contributed by atoms with van der Waals surface area (Å²) in [6, 6.07) is 17.8. The molecule has 1 unspecified atom stereocenters. The Balaban J connectivity index is 2.38. The van der Waals surface area contributed by atoms with Crippen molar-refractivity contribution in [2.24, 2.45) is 5.92 Å². The summed E-state index contributed by atoms with van der Waals surface area (Å²) in [5.74, 6) is -1.64. The summed E-state index contributed by atoms with van der Waals surface area (Å²) in [5.41, 5.74) is 2.06. The van der Waals surface area contributed by atoms with Crippen LogP contribution in [0.4, 0.5) is 0 Å². The van der Waals surface area contributed by atoms with Crippen LogP contribution in [0.5, 0.6) is 0 Å². The average molecular weight is 323 g/mol. The zero-order chi connectivity index (χ0) is 17.5. The van der Waals surface area contributed by atoms with Gasteiger partial charge in [-0.2, -0.15) is 0 Å². The predicted octanol–water partition coefficient (Wildman–Crippen LogP) is 3.45. The van der Waals surface area contributed by atoms with Crippen molar-refractivity contribution in [3.63, 3.8) is 0 Å². The summed E-state index contributed by atoms with van der Waals surface area (Å²) in [5, 5.41) is 11.9. The quantitative estimate of drug-likeness (QED) is 0.632. The predicted molar refractivity (Wildman–Crippen MR) is 95.2 cm³/mol. The zero-order valence-electron chi connectivity index (χ0n) is 13.8. The fraction of sp³-hybridized carbons (Fsp3) is 0.200. The lowest BCUT2D eigenvalue weighted by Crippen LogP contribution is -2.44. The lowest BCUT2D eigenvalue weighted by atomic mass is 9.99. The minimum absolute atomic E-state index is 0.208. The summed E-state index contributed by atoms with van der Waals surface area (Å²) in [6.45, 7) is 3.53. The Labute approximate surface area is 141 Å². The van der Waals surface area contributed by atoms with Crippen LogP contribution in [0.3, 0.4) is 0 Å². The van der Waals surface area contributed by atoms with Crippen LogP contribution in [0.25, 0.3) is 11.6 Å². The van der Waals surface area contributed by atoms with E-state index in [9.17, 15) is 14.7 Å². The molecule has 124 valence electrons. The number of hydrogen-bond acceptors (Lipinski definition) is 2. The fourth-order valence-corrected chi connectivity index (χ4v) is 2.35. The van der Waals surface area contributed by atoms with Crippen LogP contribution in [0.2, 0.25) is 0 Å². The Hall–Kier alpha value is -2.88. The van der Waals surface area contributed by atoms with Gasteiger partial charge in [0.05, 0.1) is 0 Å². The van der Waals surface area contributed by atoms with E-state index in [-0.39, 0.29) is 5.92 Å². The first-order valence-corrected chi connectivity index (χ1v) is 7.85. The molecule has 1 amide bonds. The molecule has 0 aromatic heterocycles. The van der Waals surface area contributed by atoms with Gasteiger partial charge < -0.3 is 10.4 Å². The summed E-state index contributed by atoms with van der Waals surface area (Å²) in [7, 11) is 0. The van der Waals surface area contributed by atoms with Gasteiger partial charge in [0.1, 0.15) is 6.04 Å². The molecule has 0 fully saturated rings. The highest BCUT2D eigenvalue weighted by Crippen LogP contribution is 2.19. The van der Waals surface area contributed by atoms with Crippen LogP contribution in [-0.2, 0) is 9.59 Å². The molecule has 1 atom stereocenters. The monoisotopic (exact) mass is 323 g/mol. The van der Waals surface area contributed by atoms with Crippen LogP contribution in [0, 0.1) is 5.92 Å². The fourth-order valence-electron chi connectivity index (χ4n) is 2.35. The van der Waals surface area contributed by atoms with Gasteiger partial charge >= 0.3 is 5.97 Å². The largest absolute Gasteiger partial charge is 0.480 e. The first kappa shape index (κ1) is 17.5. The molecule has 2 rings (SSSR count). The summed E-state index contributed by atoms with van der Waals surface area (Å²) in [4.78, 5) is 24.1. The maximum Gasteiger partial charge on any atom is 0.326 e. The second kappa shape index (κ2) is 8.11. The number of carboxylic acid groups (broad SMARTS) is 1. The number of benzene rings is 2. The molecule has 0 saturated carbocycles. The molecule has 4 heteroatoms. The van der Waals surface area contributed by atoms with E-state index in [1.165, 1.54) is 0 Å². The maximum absolute atomic E-state index is 12.7. The molecular formula is C20H21NO3. The Bertz CT molecular complexity index is 721. The van der Waals surface area contributed by atoms with E-state index in [0.29, 0.717) is 5.57 Å². The van der Waals surface area contributed by atoms with Gasteiger partial charge in [-0.25, -0.2) is 4.79 Å². The highest BCUT2D eigenvalue weighted by molar-refractivity contribution is 6.24. The van der Waals surface area contributed by atoms with E-state index in [0.717, 1.165) is 11.1 Å². The Morgan fingerprint density at radius 2 is 1.50 bits per heavy atom. The van der Waals surface area contributed by atoms with Crippen LogP contribution in [0.15, 0.2) is 60.7 Å². The van der Waals surface area contributed by atoms with Crippen molar-refractivity contribution >= 4 is 23.5 Å². The molecule has 0 aliphatic heterocycles. The molecule has 0 spiro atoms. The lowest BCUT2D eigenvalue weighted by Gasteiger charge is -2.19. The van der Waals surface area contributed by atoms with Gasteiger partial charge in [0, 0.05) is 5.57 Å². The van der Waals surface area contributed by atoms with Crippen molar-refractivity contribution in [1.82, 2.24) is 5.32 Å². The number of rotatable bonds is 6. The molecule has 0 bridgehead atoms. The van der Waals surface area contributed by atoms with Gasteiger partial charge in [-0.1, -0.05) is 74.5 Å². The number of amides is 1. The van der Waals surface area contributed by atoms with E-state index in [1.807, 2.05) is 60.7 Å². The molecule has 2 aromatic carbocycles. The number of carboxylic acids is 1. The van der Waals surface area contributed by atoms with Gasteiger partial charge in [0.25, 0.3) is 5.91 Å². The third-order valence-electron chi connectivity index (χ3n) is 3.66. The van der Waals surface area contributed by atoms with Gasteiger partial charge in [0.2, 0.25) is 0 Å². The van der Waals surface area contributed by atoms with Crippen molar-refractivity contribution in [1.29, 1.82) is 0 Å². The van der Waals surface area contributed by atoms with Gasteiger partial charge in [-0.15, -0.1) is 0 Å². The normalized spacial score (nSPS) is 12.7. The summed E-state index contributed by atoms with van der Waals surface area (Å²) < 4.78 is 0. The summed E-state index contributed by atoms with van der Waals surface area (Å²) >= 11 is 0. The Morgan fingerprint density at radius 1 is 0.958 bits per heavy atom. The van der Waals surface area contributed by atoms with Crippen LogP contribution in [-0.4, -0.2) is 23.0 Å². The second-order valence-corrected chi connectivity index (χ2v) is 5.87. The first-order chi connectivity index (χ1) is 11.5. The van der Waals surface area contributed by atoms with E-state index in [4.69, 9.17) is 0 Å². The second-order valence-electron chi connectivity index (χ2n) is 5.87. The van der Waals surface area contributed by atoms with Crippen molar-refractivity contribution in [2.45, 2.75) is 19.9 Å². The van der Waals surface area contributed by atoms with Gasteiger partial charge in [-0.3, -0.25) is 4.79 Å². The minimum Gasteiger partial charge on any atom is -0.480 e. The van der Waals surface area contributed by atoms with Crippen LogP contribution < -0.4 is 5.32 Å². The van der Waals surface area contributed by atoms with Crippen molar-refractivity contribution in [3.8, 4) is 0 Å². The van der Waals surface area contributed by atoms with E-state index >= 15 is 0 Å². The number of aliphatic carboxylic acids is 1. The highest BCUT2D eigenvalue weighted by Gasteiger charge is 2.25. The molecule has 0 radical (unpaired) electrons. The van der Waals surface area contributed by atoms with Crippen molar-refractivity contribution < 1.29 is 14.7 Å². The number of hydrogen-bond donors (Lipinski definition) is 2. The molecule has 0 aliphatic carbocycles. The molecule has 0 heterocycles. The molecule has 0 aliphatic rings. The number of nitrogens with one attached hydrogen (secondary N) is 1. The molecular weight excluding hydrogens is 302 g/mol. The Kier molecular flexibility index (Phi) is 5.90. The zero-order valence-corrected chi connectivity index (χ0v) is 13.8. The van der Waals surface area contributed by atoms with E-state index in [2.05, 4.69) is 5.32 Å². The molecule has 2 aromatic rings. The van der Waals surface area contributed by atoms with E-state index < -0.39 is 17.9 Å². The van der Waals surface area contributed by atoms with E-state index in [1.54, 1.807) is 19.9 Å². The summed E-state index contributed by atoms with van der Waals surface area (Å²) in [6.07, 6.45) is 1.77. The SMILES string of the molecule is CC(C)C(NC(=O)/C(=C/c1ccccc1)c1ccccc1)C(=O)O. The van der Waals surface area contributed by atoms with Gasteiger partial charge in [0.15, 0.2) is 0 Å². The van der Waals surface area contributed by atoms with Crippen molar-refractivity contribution in [3.05, 3.63) is 71.8 Å². The lowest BCUT2D eigenvalue weighted by molar-refractivity contribution is -0.142. The number of carbonyl (C=O) groups is 2. The smallest absolute Gasteiger partial charge is 0.326 e.